The number of guanidine groups is 1. The summed E-state index contributed by atoms with van der Waals surface area (Å²) < 4.78 is 5.73. The highest BCUT2D eigenvalue weighted by molar-refractivity contribution is 14.0. The molecule has 1 fully saturated rings. The highest BCUT2D eigenvalue weighted by Crippen LogP contribution is 2.19. The lowest BCUT2D eigenvalue weighted by Crippen LogP contribution is -2.43. The molecule has 2 aromatic rings. The van der Waals surface area contributed by atoms with E-state index in [0.717, 1.165) is 62.4 Å². The van der Waals surface area contributed by atoms with Crippen LogP contribution in [0.1, 0.15) is 42.0 Å². The highest BCUT2D eigenvalue weighted by Gasteiger charge is 2.21. The molecule has 30 heavy (non-hydrogen) atoms. The molecule has 1 aliphatic rings. The first kappa shape index (κ1) is 25.1. The Hall–Kier alpha value is -1.13. The molecule has 8 heteroatoms. The van der Waals surface area contributed by atoms with Crippen LogP contribution in [0.15, 0.2) is 26.9 Å². The Bertz CT molecular complexity index is 749. The predicted molar refractivity (Wildman–Crippen MR) is 136 cm³/mol. The van der Waals surface area contributed by atoms with Crippen molar-refractivity contribution < 1.29 is 4.42 Å². The number of aryl methyl sites for hydroxylation is 2. The summed E-state index contributed by atoms with van der Waals surface area (Å²) in [7, 11) is 1.85. The first-order chi connectivity index (χ1) is 14.0. The van der Waals surface area contributed by atoms with Gasteiger partial charge in [0, 0.05) is 25.0 Å². The third-order valence-corrected chi connectivity index (χ3v) is 6.57. The van der Waals surface area contributed by atoms with Crippen LogP contribution in [-0.4, -0.2) is 49.1 Å². The minimum atomic E-state index is 0. The summed E-state index contributed by atoms with van der Waals surface area (Å²) in [5.41, 5.74) is 1.00. The summed E-state index contributed by atoms with van der Waals surface area (Å²) in [5.74, 6) is 3.95. The molecule has 0 aliphatic carbocycles. The van der Waals surface area contributed by atoms with Crippen molar-refractivity contribution in [3.05, 3.63) is 39.7 Å². The van der Waals surface area contributed by atoms with Gasteiger partial charge in [0.15, 0.2) is 5.96 Å². The number of aromatic nitrogens is 1. The average Bonchev–Trinajstić information content (AvgIpc) is 3.32. The van der Waals surface area contributed by atoms with E-state index in [2.05, 4.69) is 49.9 Å². The maximum atomic E-state index is 5.73. The van der Waals surface area contributed by atoms with Crippen molar-refractivity contribution in [2.24, 2.45) is 16.8 Å². The minimum Gasteiger partial charge on any atom is -0.444 e. The Kier molecular flexibility index (Phi) is 10.6. The van der Waals surface area contributed by atoms with Crippen molar-refractivity contribution in [2.75, 3.05) is 33.2 Å². The van der Waals surface area contributed by atoms with E-state index in [4.69, 9.17) is 4.42 Å². The molecule has 3 heterocycles. The number of rotatable bonds is 8. The smallest absolute Gasteiger partial charge is 0.208 e. The van der Waals surface area contributed by atoms with Gasteiger partial charge in [0.2, 0.25) is 5.89 Å². The van der Waals surface area contributed by atoms with Crippen LogP contribution in [-0.2, 0) is 13.0 Å². The molecule has 0 spiro atoms. The van der Waals surface area contributed by atoms with Crippen LogP contribution in [0.4, 0.5) is 0 Å². The van der Waals surface area contributed by atoms with Crippen LogP contribution in [0.3, 0.4) is 0 Å². The number of thiophene rings is 1. The third-order valence-electron chi connectivity index (χ3n) is 5.67. The maximum Gasteiger partial charge on any atom is 0.208 e. The van der Waals surface area contributed by atoms with E-state index in [-0.39, 0.29) is 24.0 Å². The maximum absolute atomic E-state index is 5.73. The van der Waals surface area contributed by atoms with Gasteiger partial charge in [0.1, 0.15) is 5.76 Å². The van der Waals surface area contributed by atoms with Crippen molar-refractivity contribution in [3.63, 3.8) is 0 Å². The first-order valence-corrected chi connectivity index (χ1v) is 11.5. The number of hydrogen-bond acceptors (Lipinski definition) is 5. The number of halogens is 1. The quantitative estimate of drug-likeness (QED) is 0.296. The van der Waals surface area contributed by atoms with Gasteiger partial charge < -0.3 is 15.1 Å². The molecule has 0 saturated carbocycles. The molecule has 6 nitrogen and oxygen atoms in total. The van der Waals surface area contributed by atoms with E-state index < -0.39 is 0 Å². The zero-order chi connectivity index (χ0) is 20.6. The fourth-order valence-corrected chi connectivity index (χ4v) is 4.59. The average molecular weight is 546 g/mol. The Balaban J connectivity index is 0.00000320. The largest absolute Gasteiger partial charge is 0.444 e. The van der Waals surface area contributed by atoms with Gasteiger partial charge >= 0.3 is 0 Å². The number of aliphatic imine (C=N–C) groups is 1. The van der Waals surface area contributed by atoms with Crippen LogP contribution in [0.2, 0.25) is 0 Å². The summed E-state index contributed by atoms with van der Waals surface area (Å²) >= 11 is 1.84. The van der Waals surface area contributed by atoms with E-state index in [9.17, 15) is 0 Å². The van der Waals surface area contributed by atoms with E-state index >= 15 is 0 Å². The van der Waals surface area contributed by atoms with Crippen LogP contribution >= 0.6 is 35.3 Å². The summed E-state index contributed by atoms with van der Waals surface area (Å²) in [5, 5.41) is 9.15. The SMILES string of the molecule is CN=C(NCC(C)Cc1cccs1)NCC1CCN(Cc2nc(C)c(C)o2)CC1.I. The Labute approximate surface area is 202 Å². The van der Waals surface area contributed by atoms with Crippen molar-refractivity contribution >= 4 is 41.3 Å². The second-order valence-corrected chi connectivity index (χ2v) is 9.22. The van der Waals surface area contributed by atoms with Crippen molar-refractivity contribution in [1.82, 2.24) is 20.5 Å². The molecule has 2 aromatic heterocycles. The fraction of sp³-hybridized carbons (Fsp3) is 0.636. The van der Waals surface area contributed by atoms with Gasteiger partial charge in [-0.05, 0) is 69.5 Å². The molecule has 0 radical (unpaired) electrons. The van der Waals surface area contributed by atoms with Crippen molar-refractivity contribution in [1.29, 1.82) is 0 Å². The Morgan fingerprint density at radius 1 is 1.33 bits per heavy atom. The first-order valence-electron chi connectivity index (χ1n) is 10.7. The number of oxazole rings is 1. The van der Waals surface area contributed by atoms with Gasteiger partial charge in [-0.1, -0.05) is 13.0 Å². The van der Waals surface area contributed by atoms with Crippen molar-refractivity contribution in [2.45, 2.75) is 46.6 Å². The number of piperidine rings is 1. The van der Waals surface area contributed by atoms with E-state index in [1.165, 1.54) is 17.7 Å². The molecule has 0 aromatic carbocycles. The lowest BCUT2D eigenvalue weighted by molar-refractivity contribution is 0.164. The second kappa shape index (κ2) is 12.7. The van der Waals surface area contributed by atoms with Gasteiger partial charge in [0.25, 0.3) is 0 Å². The van der Waals surface area contributed by atoms with Crippen LogP contribution in [0.25, 0.3) is 0 Å². The molecular weight excluding hydrogens is 509 g/mol. The molecule has 168 valence electrons. The van der Waals surface area contributed by atoms with Crippen LogP contribution in [0, 0.1) is 25.7 Å². The van der Waals surface area contributed by atoms with Gasteiger partial charge in [-0.3, -0.25) is 9.89 Å². The molecule has 2 N–H and O–H groups in total. The van der Waals surface area contributed by atoms with Gasteiger partial charge in [-0.2, -0.15) is 0 Å². The fourth-order valence-electron chi connectivity index (χ4n) is 3.72. The standard InChI is InChI=1S/C22H35N5OS.HI/c1-16(12-20-6-5-11-29-20)13-24-22(23-4)25-14-19-7-9-27(10-8-19)15-21-26-17(2)18(3)28-21;/h5-6,11,16,19H,7-10,12-15H2,1-4H3,(H2,23,24,25);1H. The van der Waals surface area contributed by atoms with Crippen LogP contribution in [0.5, 0.6) is 0 Å². The van der Waals surface area contributed by atoms with Gasteiger partial charge in [0.05, 0.1) is 12.2 Å². The number of hydrogen-bond donors (Lipinski definition) is 2. The molecule has 0 amide bonds. The zero-order valence-corrected chi connectivity index (χ0v) is 21.8. The molecule has 1 aliphatic heterocycles. The van der Waals surface area contributed by atoms with E-state index in [1.54, 1.807) is 0 Å². The zero-order valence-electron chi connectivity index (χ0n) is 18.6. The molecule has 1 unspecified atom stereocenters. The number of nitrogens with zero attached hydrogens (tertiary/aromatic N) is 3. The molecule has 0 bridgehead atoms. The third kappa shape index (κ3) is 7.85. The minimum absolute atomic E-state index is 0. The second-order valence-electron chi connectivity index (χ2n) is 8.19. The lowest BCUT2D eigenvalue weighted by atomic mass is 9.97. The van der Waals surface area contributed by atoms with Crippen molar-refractivity contribution in [3.8, 4) is 0 Å². The monoisotopic (exact) mass is 545 g/mol. The van der Waals surface area contributed by atoms with E-state index in [0.29, 0.717) is 11.8 Å². The summed E-state index contributed by atoms with van der Waals surface area (Å²) in [6.45, 7) is 11.2. The summed E-state index contributed by atoms with van der Waals surface area (Å²) in [6.07, 6.45) is 3.50. The molecule has 1 saturated heterocycles. The summed E-state index contributed by atoms with van der Waals surface area (Å²) in [6, 6.07) is 4.34. The van der Waals surface area contributed by atoms with Gasteiger partial charge in [-0.15, -0.1) is 35.3 Å². The lowest BCUT2D eigenvalue weighted by Gasteiger charge is -2.31. The van der Waals surface area contributed by atoms with Gasteiger partial charge in [-0.25, -0.2) is 4.98 Å². The Morgan fingerprint density at radius 2 is 2.10 bits per heavy atom. The number of nitrogens with one attached hydrogen (secondary N) is 2. The van der Waals surface area contributed by atoms with Crippen LogP contribution < -0.4 is 10.6 Å². The normalized spacial score (nSPS) is 16.9. The molecule has 1 atom stereocenters. The predicted octanol–water partition coefficient (Wildman–Crippen LogP) is 4.23. The summed E-state index contributed by atoms with van der Waals surface area (Å²) in [4.78, 5) is 12.8. The topological polar surface area (TPSA) is 65.7 Å². The Morgan fingerprint density at radius 3 is 2.70 bits per heavy atom. The van der Waals surface area contributed by atoms with E-state index in [1.807, 2.05) is 32.2 Å². The number of likely N-dealkylation sites (tertiary alicyclic amines) is 1. The molecule has 3 rings (SSSR count). The molecular formula is C22H36IN5OS. The highest BCUT2D eigenvalue weighted by atomic mass is 127.